The first kappa shape index (κ1) is 13.1. The van der Waals surface area contributed by atoms with Gasteiger partial charge in [0.1, 0.15) is 0 Å². The van der Waals surface area contributed by atoms with Gasteiger partial charge in [-0.1, -0.05) is 12.1 Å². The fraction of sp³-hybridized carbons (Fsp3) is 0.0667. The van der Waals surface area contributed by atoms with Crippen LogP contribution >= 0.6 is 23.1 Å². The zero-order chi connectivity index (χ0) is 13.9. The molecule has 0 aliphatic rings. The van der Waals surface area contributed by atoms with E-state index in [1.165, 1.54) is 16.2 Å². The molecule has 0 aliphatic heterocycles. The predicted molar refractivity (Wildman–Crippen MR) is 84.0 cm³/mol. The van der Waals surface area contributed by atoms with Gasteiger partial charge in [-0.05, 0) is 30.5 Å². The largest absolute Gasteiger partial charge is 0.296 e. The van der Waals surface area contributed by atoms with Crippen molar-refractivity contribution in [2.75, 3.05) is 6.26 Å². The van der Waals surface area contributed by atoms with Gasteiger partial charge in [0.05, 0.1) is 11.4 Å². The molecule has 0 fully saturated rings. The minimum absolute atomic E-state index is 0.614. The van der Waals surface area contributed by atoms with Gasteiger partial charge in [0.15, 0.2) is 11.4 Å². The van der Waals surface area contributed by atoms with Crippen molar-refractivity contribution in [1.29, 1.82) is 0 Å². The van der Waals surface area contributed by atoms with E-state index in [9.17, 15) is 4.79 Å². The molecule has 0 radical (unpaired) electrons. The summed E-state index contributed by atoms with van der Waals surface area (Å²) in [7, 11) is 0. The highest BCUT2D eigenvalue weighted by Crippen LogP contribution is 2.26. The lowest BCUT2D eigenvalue weighted by Gasteiger charge is -2.00. The minimum atomic E-state index is 0.614. The Morgan fingerprint density at radius 2 is 2.05 bits per heavy atom. The molecule has 0 spiro atoms. The van der Waals surface area contributed by atoms with Crippen LogP contribution in [0.25, 0.3) is 16.4 Å². The van der Waals surface area contributed by atoms with E-state index in [1.54, 1.807) is 22.4 Å². The van der Waals surface area contributed by atoms with E-state index in [0.29, 0.717) is 5.69 Å². The lowest BCUT2D eigenvalue weighted by atomic mass is 10.2. The van der Waals surface area contributed by atoms with Crippen LogP contribution in [-0.2, 0) is 0 Å². The molecule has 0 aliphatic carbocycles. The number of aromatic nitrogens is 2. The monoisotopic (exact) mass is 300 g/mol. The normalized spacial score (nSPS) is 10.7. The summed E-state index contributed by atoms with van der Waals surface area (Å²) in [6, 6.07) is 11.9. The van der Waals surface area contributed by atoms with Gasteiger partial charge < -0.3 is 0 Å². The molecule has 1 aromatic carbocycles. The zero-order valence-electron chi connectivity index (χ0n) is 10.8. The molecule has 2 heterocycles. The lowest BCUT2D eigenvalue weighted by molar-refractivity contribution is 0.111. The van der Waals surface area contributed by atoms with Crippen molar-refractivity contribution in [3.63, 3.8) is 0 Å². The van der Waals surface area contributed by atoms with Crippen LogP contribution in [0.1, 0.15) is 10.5 Å². The number of benzene rings is 1. The van der Waals surface area contributed by atoms with Crippen molar-refractivity contribution >= 4 is 29.4 Å². The van der Waals surface area contributed by atoms with E-state index >= 15 is 0 Å². The van der Waals surface area contributed by atoms with Gasteiger partial charge in [0.25, 0.3) is 0 Å². The minimum Gasteiger partial charge on any atom is -0.296 e. The first-order valence-corrected chi connectivity index (χ1v) is 8.15. The molecule has 3 nitrogen and oxygen atoms in total. The molecule has 20 heavy (non-hydrogen) atoms. The number of carbonyl (C=O) groups excluding carboxylic acids is 1. The Balaban J connectivity index is 1.95. The molecule has 3 rings (SSSR count). The Kier molecular flexibility index (Phi) is 3.71. The van der Waals surface area contributed by atoms with Crippen LogP contribution in [0, 0.1) is 0 Å². The summed E-state index contributed by atoms with van der Waals surface area (Å²) in [4.78, 5) is 16.8. The highest BCUT2D eigenvalue weighted by atomic mass is 32.2. The Hall–Kier alpha value is -1.85. The summed E-state index contributed by atoms with van der Waals surface area (Å²) in [6.07, 6.45) is 4.75. The van der Waals surface area contributed by atoms with Crippen LogP contribution in [0.4, 0.5) is 0 Å². The second-order valence-corrected chi connectivity index (χ2v) is 5.88. The van der Waals surface area contributed by atoms with Crippen LogP contribution in [0.5, 0.6) is 0 Å². The fourth-order valence-corrected chi connectivity index (χ4v) is 3.18. The number of aldehydes is 1. The molecule has 5 heteroatoms. The molecule has 0 saturated carbocycles. The van der Waals surface area contributed by atoms with Gasteiger partial charge in [-0.25, -0.2) is 4.98 Å². The Morgan fingerprint density at radius 1 is 1.25 bits per heavy atom. The van der Waals surface area contributed by atoms with Gasteiger partial charge in [-0.2, -0.15) is 0 Å². The quantitative estimate of drug-likeness (QED) is 0.536. The van der Waals surface area contributed by atoms with Gasteiger partial charge in [-0.15, -0.1) is 23.1 Å². The van der Waals surface area contributed by atoms with Crippen LogP contribution < -0.4 is 0 Å². The van der Waals surface area contributed by atoms with Gasteiger partial charge in [-0.3, -0.25) is 9.36 Å². The lowest BCUT2D eigenvalue weighted by Crippen LogP contribution is -1.96. The molecule has 100 valence electrons. The zero-order valence-corrected chi connectivity index (χ0v) is 12.4. The number of rotatable bonds is 4. The van der Waals surface area contributed by atoms with Crippen molar-refractivity contribution in [3.8, 4) is 16.4 Å². The van der Waals surface area contributed by atoms with E-state index in [0.717, 1.165) is 22.7 Å². The van der Waals surface area contributed by atoms with Gasteiger partial charge >= 0.3 is 0 Å². The topological polar surface area (TPSA) is 34.9 Å². The van der Waals surface area contributed by atoms with Crippen molar-refractivity contribution < 1.29 is 4.79 Å². The first-order chi connectivity index (χ1) is 9.81. The second-order valence-electron chi connectivity index (χ2n) is 4.16. The van der Waals surface area contributed by atoms with E-state index < -0.39 is 0 Å². The Morgan fingerprint density at radius 3 is 2.75 bits per heavy atom. The molecular weight excluding hydrogens is 288 g/mol. The number of thiazole rings is 1. The van der Waals surface area contributed by atoms with Crippen molar-refractivity contribution in [1.82, 2.24) is 9.55 Å². The van der Waals surface area contributed by atoms with Crippen molar-refractivity contribution in [2.24, 2.45) is 0 Å². The van der Waals surface area contributed by atoms with Gasteiger partial charge in [0, 0.05) is 22.0 Å². The number of thioether (sulfide) groups is 1. The fourth-order valence-electron chi connectivity index (χ4n) is 1.93. The summed E-state index contributed by atoms with van der Waals surface area (Å²) in [5, 5.41) is 2.82. The number of nitrogens with zero attached hydrogens (tertiary/aromatic N) is 2. The second kappa shape index (κ2) is 5.64. The third-order valence-corrected chi connectivity index (χ3v) is 4.57. The summed E-state index contributed by atoms with van der Waals surface area (Å²) < 4.78 is 1.80. The summed E-state index contributed by atoms with van der Waals surface area (Å²) in [5.41, 5.74) is 2.64. The molecule has 0 amide bonds. The summed E-state index contributed by atoms with van der Waals surface area (Å²) in [5.74, 6) is 0. The van der Waals surface area contributed by atoms with E-state index in [4.69, 9.17) is 0 Å². The molecule has 2 aromatic heterocycles. The molecule has 0 saturated heterocycles. The van der Waals surface area contributed by atoms with Crippen molar-refractivity contribution in [3.05, 3.63) is 53.7 Å². The van der Waals surface area contributed by atoms with Crippen LogP contribution in [0.15, 0.2) is 52.9 Å². The third-order valence-electron chi connectivity index (χ3n) is 2.98. The standard InChI is InChI=1S/C15H12N2OS2/c1-19-13-6-4-11(5-7-13)14-10-20-15(16-14)17-8-2-3-12(17)9-18/h2-10H,1H3. The molecule has 0 N–H and O–H groups in total. The maximum absolute atomic E-state index is 11.0. The molecule has 0 unspecified atom stereocenters. The van der Waals surface area contributed by atoms with E-state index in [2.05, 4.69) is 35.5 Å². The van der Waals surface area contributed by atoms with Crippen LogP contribution in [0.2, 0.25) is 0 Å². The van der Waals surface area contributed by atoms with Crippen LogP contribution in [-0.4, -0.2) is 22.1 Å². The average Bonchev–Trinajstić information content (AvgIpc) is 3.15. The van der Waals surface area contributed by atoms with Crippen LogP contribution in [0.3, 0.4) is 0 Å². The molecule has 0 atom stereocenters. The molecule has 3 aromatic rings. The SMILES string of the molecule is CSc1ccc(-c2csc(-n3cccc3C=O)n2)cc1. The number of hydrogen-bond acceptors (Lipinski definition) is 4. The summed E-state index contributed by atoms with van der Waals surface area (Å²) in [6.45, 7) is 0. The smallest absolute Gasteiger partial charge is 0.194 e. The highest BCUT2D eigenvalue weighted by Gasteiger charge is 2.08. The van der Waals surface area contributed by atoms with E-state index in [-0.39, 0.29) is 0 Å². The molecular formula is C15H12N2OS2. The number of hydrogen-bond donors (Lipinski definition) is 0. The summed E-state index contributed by atoms with van der Waals surface area (Å²) >= 11 is 3.25. The maximum atomic E-state index is 11.0. The molecule has 0 bridgehead atoms. The highest BCUT2D eigenvalue weighted by molar-refractivity contribution is 7.98. The van der Waals surface area contributed by atoms with Gasteiger partial charge in [0.2, 0.25) is 0 Å². The Labute approximate surface area is 125 Å². The van der Waals surface area contributed by atoms with E-state index in [1.807, 2.05) is 17.6 Å². The first-order valence-electron chi connectivity index (χ1n) is 6.04. The predicted octanol–water partition coefficient (Wildman–Crippen LogP) is 4.14. The number of carbonyl (C=O) groups is 1. The maximum Gasteiger partial charge on any atom is 0.194 e. The third kappa shape index (κ3) is 2.42. The van der Waals surface area contributed by atoms with Crippen molar-refractivity contribution in [2.45, 2.75) is 4.90 Å². The Bertz CT molecular complexity index is 728. The average molecular weight is 300 g/mol.